The minimum Gasteiger partial charge on any atom is -0.495 e. The van der Waals surface area contributed by atoms with E-state index in [1.165, 1.54) is 37.2 Å². The molecule has 2 rings (SSSR count). The summed E-state index contributed by atoms with van der Waals surface area (Å²) in [5, 5.41) is 7.97. The van der Waals surface area contributed by atoms with E-state index in [0.717, 1.165) is 5.56 Å². The molecule has 0 unspecified atom stereocenters. The maximum Gasteiger partial charge on any atom is 0.298 e. The van der Waals surface area contributed by atoms with Crippen molar-refractivity contribution in [2.24, 2.45) is 15.9 Å². The molecule has 0 atom stereocenters. The van der Waals surface area contributed by atoms with E-state index < -0.39 is 10.1 Å². The lowest BCUT2D eigenvalue weighted by molar-refractivity contribution is 0.397. The molecular formula is C16H17N3O4S2. The van der Waals surface area contributed by atoms with Gasteiger partial charge >= 0.3 is 0 Å². The third kappa shape index (κ3) is 5.89. The van der Waals surface area contributed by atoms with E-state index in [-0.39, 0.29) is 15.8 Å². The smallest absolute Gasteiger partial charge is 0.298 e. The van der Waals surface area contributed by atoms with E-state index in [9.17, 15) is 13.0 Å². The average Bonchev–Trinajstić information content (AvgIpc) is 2.60. The Kier molecular flexibility index (Phi) is 6.57. The van der Waals surface area contributed by atoms with Gasteiger partial charge in [-0.25, -0.2) is 0 Å². The fraction of sp³-hybridized carbons (Fsp3) is 0.125. The molecule has 9 heteroatoms. The van der Waals surface area contributed by atoms with E-state index in [1.807, 2.05) is 30.3 Å². The maximum absolute atomic E-state index is 11.3. The highest BCUT2D eigenvalue weighted by Gasteiger charge is 2.16. The highest BCUT2D eigenvalue weighted by molar-refractivity contribution is 8.13. The zero-order valence-corrected chi connectivity index (χ0v) is 15.0. The summed E-state index contributed by atoms with van der Waals surface area (Å²) in [5.74, 6) is 0.710. The number of thioether (sulfide) groups is 1. The van der Waals surface area contributed by atoms with E-state index >= 15 is 0 Å². The molecule has 0 radical (unpaired) electrons. The van der Waals surface area contributed by atoms with Gasteiger partial charge < -0.3 is 10.5 Å². The zero-order valence-electron chi connectivity index (χ0n) is 13.4. The van der Waals surface area contributed by atoms with Crippen molar-refractivity contribution in [1.29, 1.82) is 0 Å². The first-order valence-corrected chi connectivity index (χ1v) is 9.51. The summed E-state index contributed by atoms with van der Waals surface area (Å²) in [4.78, 5) is -0.339. The first-order valence-electron chi connectivity index (χ1n) is 7.09. The lowest BCUT2D eigenvalue weighted by Gasteiger charge is -2.06. The van der Waals surface area contributed by atoms with Crippen LogP contribution in [0.1, 0.15) is 11.1 Å². The Morgan fingerprint density at radius 1 is 1.28 bits per heavy atom. The molecule has 0 aromatic heterocycles. The molecule has 0 heterocycles. The molecule has 0 aliphatic rings. The van der Waals surface area contributed by atoms with Gasteiger partial charge in [0.05, 0.1) is 13.3 Å². The highest BCUT2D eigenvalue weighted by Crippen LogP contribution is 2.24. The van der Waals surface area contributed by atoms with Crippen LogP contribution in [0.25, 0.3) is 0 Å². The van der Waals surface area contributed by atoms with Gasteiger partial charge in [0.1, 0.15) is 10.6 Å². The van der Waals surface area contributed by atoms with Crippen molar-refractivity contribution in [3.63, 3.8) is 0 Å². The second-order valence-corrected chi connectivity index (χ2v) is 7.23. The highest BCUT2D eigenvalue weighted by atomic mass is 32.2. The number of amidine groups is 1. The van der Waals surface area contributed by atoms with Gasteiger partial charge in [0.15, 0.2) is 5.17 Å². The summed E-state index contributed by atoms with van der Waals surface area (Å²) in [5.41, 5.74) is 7.32. The molecule has 25 heavy (non-hydrogen) atoms. The van der Waals surface area contributed by atoms with Crippen LogP contribution in [0.15, 0.2) is 63.6 Å². The van der Waals surface area contributed by atoms with Crippen LogP contribution in [0.2, 0.25) is 0 Å². The predicted octanol–water partition coefficient (Wildman–Crippen LogP) is 2.52. The van der Waals surface area contributed by atoms with Crippen molar-refractivity contribution in [1.82, 2.24) is 0 Å². The number of benzene rings is 2. The van der Waals surface area contributed by atoms with Crippen LogP contribution >= 0.6 is 11.8 Å². The van der Waals surface area contributed by atoms with E-state index in [1.54, 1.807) is 6.07 Å². The fourth-order valence-corrected chi connectivity index (χ4v) is 3.19. The summed E-state index contributed by atoms with van der Waals surface area (Å²) in [6.45, 7) is 0. The normalized spacial score (nSPS) is 12.5. The van der Waals surface area contributed by atoms with Gasteiger partial charge in [-0.1, -0.05) is 42.1 Å². The van der Waals surface area contributed by atoms with E-state index in [2.05, 4.69) is 10.2 Å². The molecule has 0 aliphatic carbocycles. The summed E-state index contributed by atoms with van der Waals surface area (Å²) >= 11 is 1.34. The number of methoxy groups -OCH3 is 1. The Morgan fingerprint density at radius 2 is 2.00 bits per heavy atom. The standard InChI is InChI=1S/C16H17N3O4S2/c1-23-14-8-7-13(9-15(14)25(20,21)22)10-18-19-16(17)24-11-12-5-3-2-4-6-12/h2-10H,11H2,1H3,(H2,17,19)(H,20,21,22). The quantitative estimate of drug-likeness (QED) is 0.345. The molecule has 0 saturated heterocycles. The van der Waals surface area contributed by atoms with Gasteiger partial charge in [-0.15, -0.1) is 5.10 Å². The summed E-state index contributed by atoms with van der Waals surface area (Å²) in [7, 11) is -3.09. The Morgan fingerprint density at radius 3 is 2.64 bits per heavy atom. The Hall–Kier alpha value is -2.36. The minimum absolute atomic E-state index is 0.0427. The van der Waals surface area contributed by atoms with Crippen LogP contribution in [0.5, 0.6) is 5.75 Å². The van der Waals surface area contributed by atoms with Crippen molar-refractivity contribution in [3.05, 3.63) is 59.7 Å². The van der Waals surface area contributed by atoms with Gasteiger partial charge in [0.2, 0.25) is 0 Å². The molecule has 0 saturated carbocycles. The number of nitrogens with zero attached hydrogens (tertiary/aromatic N) is 2. The third-order valence-electron chi connectivity index (χ3n) is 3.06. The molecule has 0 fully saturated rings. The van der Waals surface area contributed by atoms with E-state index in [0.29, 0.717) is 11.3 Å². The lowest BCUT2D eigenvalue weighted by atomic mass is 10.2. The molecule has 2 aromatic carbocycles. The van der Waals surface area contributed by atoms with Crippen molar-refractivity contribution in [2.75, 3.05) is 7.11 Å². The van der Waals surface area contributed by atoms with Crippen LogP contribution in [0.3, 0.4) is 0 Å². The van der Waals surface area contributed by atoms with Crippen LogP contribution in [-0.4, -0.2) is 31.5 Å². The zero-order chi connectivity index (χ0) is 18.3. The number of hydrogen-bond donors (Lipinski definition) is 2. The second-order valence-electron chi connectivity index (χ2n) is 4.84. The van der Waals surface area contributed by atoms with Gasteiger partial charge in [-0.05, 0) is 29.3 Å². The maximum atomic E-state index is 11.3. The van der Waals surface area contributed by atoms with Gasteiger partial charge in [0, 0.05) is 5.75 Å². The topological polar surface area (TPSA) is 114 Å². The minimum atomic E-state index is -4.40. The lowest BCUT2D eigenvalue weighted by Crippen LogP contribution is -2.06. The predicted molar refractivity (Wildman–Crippen MR) is 99.8 cm³/mol. The molecule has 0 aliphatic heterocycles. The first-order chi connectivity index (χ1) is 11.9. The SMILES string of the molecule is COc1ccc(C=NN=C(N)SCc2ccccc2)cc1S(=O)(=O)O. The van der Waals surface area contributed by atoms with Crippen LogP contribution < -0.4 is 10.5 Å². The average molecular weight is 379 g/mol. The molecule has 3 N–H and O–H groups in total. The number of nitrogens with two attached hydrogens (primary N) is 1. The largest absolute Gasteiger partial charge is 0.495 e. The molecule has 0 bridgehead atoms. The Bertz CT molecular complexity index is 882. The van der Waals surface area contributed by atoms with Gasteiger partial charge in [-0.2, -0.15) is 13.5 Å². The molecule has 0 spiro atoms. The van der Waals surface area contributed by atoms with Crippen molar-refractivity contribution in [2.45, 2.75) is 10.6 Å². The Balaban J connectivity index is 2.06. The van der Waals surface area contributed by atoms with Crippen LogP contribution in [0, 0.1) is 0 Å². The van der Waals surface area contributed by atoms with Crippen LogP contribution in [0.4, 0.5) is 0 Å². The summed E-state index contributed by atoms with van der Waals surface area (Å²) in [6.07, 6.45) is 1.34. The molecule has 0 amide bonds. The summed E-state index contributed by atoms with van der Waals surface area (Å²) < 4.78 is 36.8. The Labute approximate surface area is 150 Å². The number of ether oxygens (including phenoxy) is 1. The number of rotatable bonds is 6. The van der Waals surface area contributed by atoms with Crippen LogP contribution in [-0.2, 0) is 15.9 Å². The van der Waals surface area contributed by atoms with Crippen molar-refractivity contribution < 1.29 is 17.7 Å². The van der Waals surface area contributed by atoms with Gasteiger partial charge in [-0.3, -0.25) is 4.55 Å². The fourth-order valence-electron chi connectivity index (χ4n) is 1.89. The second kappa shape index (κ2) is 8.65. The third-order valence-corrected chi connectivity index (χ3v) is 4.79. The molecule has 132 valence electrons. The molecular weight excluding hydrogens is 362 g/mol. The summed E-state index contributed by atoms with van der Waals surface area (Å²) in [6, 6.07) is 14.0. The first kappa shape index (κ1) is 19.0. The van der Waals surface area contributed by atoms with Gasteiger partial charge in [0.25, 0.3) is 10.1 Å². The van der Waals surface area contributed by atoms with Crippen molar-refractivity contribution in [3.8, 4) is 5.75 Å². The van der Waals surface area contributed by atoms with Crippen molar-refractivity contribution >= 4 is 33.3 Å². The molecule has 7 nitrogen and oxygen atoms in total. The van der Waals surface area contributed by atoms with E-state index in [4.69, 9.17) is 10.5 Å². The monoisotopic (exact) mass is 379 g/mol. The molecule has 2 aromatic rings. The number of hydrogen-bond acceptors (Lipinski definition) is 6.